The van der Waals surface area contributed by atoms with Crippen LogP contribution in [-0.2, 0) is 6.42 Å². The molecule has 0 aliphatic rings. The maximum absolute atomic E-state index is 13.2. The average molecular weight is 333 g/mol. The molecule has 2 atom stereocenters. The van der Waals surface area contributed by atoms with Crippen LogP contribution >= 0.6 is 0 Å². The van der Waals surface area contributed by atoms with E-state index in [1.807, 2.05) is 6.07 Å². The SMILES string of the molecule is CC(C)(O)CCC(CC(O)[CH]Cc1cccc(F)c1)c1ncc[nH]1. The van der Waals surface area contributed by atoms with Crippen molar-refractivity contribution in [2.24, 2.45) is 0 Å². The summed E-state index contributed by atoms with van der Waals surface area (Å²) >= 11 is 0. The summed E-state index contributed by atoms with van der Waals surface area (Å²) < 4.78 is 13.2. The van der Waals surface area contributed by atoms with Crippen LogP contribution in [-0.4, -0.2) is 31.9 Å². The topological polar surface area (TPSA) is 69.1 Å². The van der Waals surface area contributed by atoms with E-state index in [9.17, 15) is 14.6 Å². The van der Waals surface area contributed by atoms with E-state index in [1.165, 1.54) is 12.1 Å². The normalized spacial score (nSPS) is 14.5. The number of aliphatic hydroxyl groups excluding tert-OH is 1. The molecule has 0 spiro atoms. The summed E-state index contributed by atoms with van der Waals surface area (Å²) in [7, 11) is 0. The van der Waals surface area contributed by atoms with E-state index in [-0.39, 0.29) is 11.7 Å². The number of hydrogen-bond donors (Lipinski definition) is 3. The Morgan fingerprint density at radius 3 is 2.79 bits per heavy atom. The zero-order valence-electron chi connectivity index (χ0n) is 14.2. The lowest BCUT2D eigenvalue weighted by molar-refractivity contribution is 0.0639. The molecular weight excluding hydrogens is 307 g/mol. The van der Waals surface area contributed by atoms with Gasteiger partial charge < -0.3 is 15.2 Å². The maximum Gasteiger partial charge on any atom is 0.123 e. The third kappa shape index (κ3) is 6.42. The van der Waals surface area contributed by atoms with Gasteiger partial charge in [-0.25, -0.2) is 9.37 Å². The number of imidazole rings is 1. The summed E-state index contributed by atoms with van der Waals surface area (Å²) in [6.45, 7) is 3.55. The molecule has 2 rings (SSSR count). The first-order chi connectivity index (χ1) is 11.3. The molecule has 1 aromatic heterocycles. The maximum atomic E-state index is 13.2. The van der Waals surface area contributed by atoms with Gasteiger partial charge in [0.05, 0.1) is 11.7 Å². The molecule has 0 saturated carbocycles. The van der Waals surface area contributed by atoms with Gasteiger partial charge in [-0.15, -0.1) is 0 Å². The second-order valence-corrected chi connectivity index (χ2v) is 6.90. The number of nitrogens with one attached hydrogen (secondary N) is 1. The number of hydrogen-bond acceptors (Lipinski definition) is 3. The Morgan fingerprint density at radius 1 is 1.38 bits per heavy atom. The first-order valence-electron chi connectivity index (χ1n) is 8.31. The first-order valence-corrected chi connectivity index (χ1v) is 8.31. The van der Waals surface area contributed by atoms with E-state index in [4.69, 9.17) is 0 Å². The standard InChI is InChI=1S/C19H26FN2O2/c1-19(2,24)9-8-15(18-21-10-11-22-18)13-17(23)7-6-14-4-3-5-16(20)12-14/h3-5,7,10-12,15,17,23-24H,6,8-9,13H2,1-2H3,(H,21,22). The molecule has 131 valence electrons. The van der Waals surface area contributed by atoms with E-state index in [2.05, 4.69) is 9.97 Å². The summed E-state index contributed by atoms with van der Waals surface area (Å²) in [6.07, 6.45) is 6.98. The van der Waals surface area contributed by atoms with E-state index in [1.54, 1.807) is 38.7 Å². The number of aromatic nitrogens is 2. The van der Waals surface area contributed by atoms with Gasteiger partial charge in [-0.1, -0.05) is 12.1 Å². The van der Waals surface area contributed by atoms with Crippen molar-refractivity contribution in [2.75, 3.05) is 0 Å². The highest BCUT2D eigenvalue weighted by Crippen LogP contribution is 2.27. The zero-order valence-corrected chi connectivity index (χ0v) is 14.2. The highest BCUT2D eigenvalue weighted by atomic mass is 19.1. The number of benzene rings is 1. The first kappa shape index (κ1) is 18.6. The Balaban J connectivity index is 1.90. The van der Waals surface area contributed by atoms with Crippen molar-refractivity contribution in [3.8, 4) is 0 Å². The van der Waals surface area contributed by atoms with Crippen LogP contribution in [0.5, 0.6) is 0 Å². The third-order valence-corrected chi connectivity index (χ3v) is 4.05. The Hall–Kier alpha value is -1.72. The third-order valence-electron chi connectivity index (χ3n) is 4.05. The number of nitrogens with zero attached hydrogens (tertiary/aromatic N) is 1. The summed E-state index contributed by atoms with van der Waals surface area (Å²) in [5.74, 6) is 0.580. The monoisotopic (exact) mass is 333 g/mol. The van der Waals surface area contributed by atoms with Crippen molar-refractivity contribution < 1.29 is 14.6 Å². The summed E-state index contributed by atoms with van der Waals surface area (Å²) in [5.41, 5.74) is 0.0845. The van der Waals surface area contributed by atoms with Gasteiger partial charge in [-0.05, 0) is 63.6 Å². The molecule has 1 heterocycles. The van der Waals surface area contributed by atoms with Crippen LogP contribution in [0.2, 0.25) is 0 Å². The van der Waals surface area contributed by atoms with Gasteiger partial charge in [0.25, 0.3) is 0 Å². The van der Waals surface area contributed by atoms with Gasteiger partial charge in [0, 0.05) is 18.3 Å². The van der Waals surface area contributed by atoms with E-state index < -0.39 is 11.7 Å². The fourth-order valence-corrected chi connectivity index (χ4v) is 2.72. The van der Waals surface area contributed by atoms with Crippen molar-refractivity contribution in [1.29, 1.82) is 0 Å². The van der Waals surface area contributed by atoms with Crippen LogP contribution in [0.15, 0.2) is 36.7 Å². The highest BCUT2D eigenvalue weighted by Gasteiger charge is 2.22. The molecule has 2 aromatic rings. The van der Waals surface area contributed by atoms with Crippen LogP contribution in [0.25, 0.3) is 0 Å². The minimum Gasteiger partial charge on any atom is -0.393 e. The number of H-pyrrole nitrogens is 1. The molecule has 3 N–H and O–H groups in total. The van der Waals surface area contributed by atoms with Gasteiger partial charge >= 0.3 is 0 Å². The molecule has 0 bridgehead atoms. The van der Waals surface area contributed by atoms with Gasteiger partial charge in [0.1, 0.15) is 11.6 Å². The predicted octanol–water partition coefficient (Wildman–Crippen LogP) is 3.38. The number of aliphatic hydroxyl groups is 2. The highest BCUT2D eigenvalue weighted by molar-refractivity contribution is 5.18. The molecule has 24 heavy (non-hydrogen) atoms. The molecule has 5 heteroatoms. The van der Waals surface area contributed by atoms with Crippen LogP contribution in [0, 0.1) is 12.2 Å². The van der Waals surface area contributed by atoms with Gasteiger partial charge in [-0.3, -0.25) is 0 Å². The lowest BCUT2D eigenvalue weighted by Crippen LogP contribution is -2.22. The molecule has 0 saturated heterocycles. The van der Waals surface area contributed by atoms with Crippen molar-refractivity contribution in [3.63, 3.8) is 0 Å². The van der Waals surface area contributed by atoms with Gasteiger partial charge in [-0.2, -0.15) is 0 Å². The van der Waals surface area contributed by atoms with Crippen molar-refractivity contribution in [2.45, 2.75) is 57.2 Å². The van der Waals surface area contributed by atoms with Gasteiger partial charge in [0.2, 0.25) is 0 Å². The fraction of sp³-hybridized carbons (Fsp3) is 0.474. The molecule has 0 aliphatic heterocycles. The van der Waals surface area contributed by atoms with Crippen LogP contribution in [0.1, 0.15) is 50.4 Å². The minimum atomic E-state index is -0.749. The zero-order chi connectivity index (χ0) is 17.6. The van der Waals surface area contributed by atoms with E-state index >= 15 is 0 Å². The Morgan fingerprint density at radius 2 is 2.17 bits per heavy atom. The van der Waals surface area contributed by atoms with Crippen LogP contribution in [0.3, 0.4) is 0 Å². The number of halogens is 1. The largest absolute Gasteiger partial charge is 0.393 e. The Kier molecular flexibility index (Phi) is 6.52. The number of rotatable bonds is 9. The van der Waals surface area contributed by atoms with E-state index in [0.29, 0.717) is 19.3 Å². The number of aromatic amines is 1. The Labute approximate surface area is 142 Å². The van der Waals surface area contributed by atoms with Crippen molar-refractivity contribution in [1.82, 2.24) is 9.97 Å². The lowest BCUT2D eigenvalue weighted by atomic mass is 9.89. The van der Waals surface area contributed by atoms with Gasteiger partial charge in [0.15, 0.2) is 0 Å². The molecule has 1 radical (unpaired) electrons. The van der Waals surface area contributed by atoms with Crippen LogP contribution in [0.4, 0.5) is 4.39 Å². The lowest BCUT2D eigenvalue weighted by Gasteiger charge is -2.23. The van der Waals surface area contributed by atoms with Crippen LogP contribution < -0.4 is 0 Å². The van der Waals surface area contributed by atoms with Crippen molar-refractivity contribution in [3.05, 3.63) is 60.3 Å². The second-order valence-electron chi connectivity index (χ2n) is 6.90. The smallest absolute Gasteiger partial charge is 0.123 e. The molecule has 2 unspecified atom stereocenters. The summed E-state index contributed by atoms with van der Waals surface area (Å²) in [5, 5.41) is 20.3. The molecule has 0 amide bonds. The van der Waals surface area contributed by atoms with Crippen molar-refractivity contribution >= 4 is 0 Å². The second kappa shape index (κ2) is 8.40. The summed E-state index contributed by atoms with van der Waals surface area (Å²) in [6, 6.07) is 6.38. The quantitative estimate of drug-likeness (QED) is 0.659. The molecule has 0 fully saturated rings. The molecule has 1 aromatic carbocycles. The fourth-order valence-electron chi connectivity index (χ4n) is 2.72. The molecule has 0 aliphatic carbocycles. The molecular formula is C19H26FN2O2. The summed E-state index contributed by atoms with van der Waals surface area (Å²) in [4.78, 5) is 7.38. The minimum absolute atomic E-state index is 0.0326. The predicted molar refractivity (Wildman–Crippen MR) is 91.9 cm³/mol. The molecule has 4 nitrogen and oxygen atoms in total. The Bertz CT molecular complexity index is 608. The van der Waals surface area contributed by atoms with E-state index in [0.717, 1.165) is 17.8 Å². The average Bonchev–Trinajstić information content (AvgIpc) is 3.03.